The Labute approximate surface area is 165 Å². The number of aliphatic hydroxyl groups excluding tert-OH is 1. The first kappa shape index (κ1) is 19.7. The molecule has 0 saturated carbocycles. The molecule has 3 rings (SSSR count). The van der Waals surface area contributed by atoms with Crippen LogP contribution in [-0.4, -0.2) is 39.5 Å². The molecule has 0 fully saturated rings. The van der Waals surface area contributed by atoms with E-state index >= 15 is 0 Å². The first-order chi connectivity index (χ1) is 13.5. The van der Waals surface area contributed by atoms with E-state index in [0.717, 1.165) is 28.9 Å². The van der Waals surface area contributed by atoms with Gasteiger partial charge in [-0.3, -0.25) is 4.79 Å². The number of aliphatic hydroxyl groups is 1. The second-order valence-electron chi connectivity index (χ2n) is 6.84. The summed E-state index contributed by atoms with van der Waals surface area (Å²) < 4.78 is 0. The molecule has 144 valence electrons. The van der Waals surface area contributed by atoms with Crippen LogP contribution in [-0.2, 0) is 6.42 Å². The van der Waals surface area contributed by atoms with Crippen molar-refractivity contribution in [2.24, 2.45) is 0 Å². The van der Waals surface area contributed by atoms with E-state index in [-0.39, 0.29) is 12.5 Å². The lowest BCUT2D eigenvalue weighted by Crippen LogP contribution is -2.31. The summed E-state index contributed by atoms with van der Waals surface area (Å²) in [7, 11) is 1.70. The average molecular weight is 375 g/mol. The summed E-state index contributed by atoms with van der Waals surface area (Å²) >= 11 is 0. The van der Waals surface area contributed by atoms with Crippen LogP contribution in [0.1, 0.15) is 40.5 Å². The summed E-state index contributed by atoms with van der Waals surface area (Å²) in [6.07, 6.45) is 0.102. The van der Waals surface area contributed by atoms with E-state index in [1.165, 1.54) is 0 Å². The average Bonchev–Trinajstić information content (AvgIpc) is 2.73. The first-order valence-corrected chi connectivity index (χ1v) is 9.41. The number of benzene rings is 2. The van der Waals surface area contributed by atoms with E-state index in [4.69, 9.17) is 0 Å². The van der Waals surface area contributed by atoms with Gasteiger partial charge in [0.2, 0.25) is 0 Å². The monoisotopic (exact) mass is 375 g/mol. The minimum atomic E-state index is -0.727. The van der Waals surface area contributed by atoms with E-state index in [2.05, 4.69) is 16.9 Å². The maximum Gasteiger partial charge on any atom is 0.253 e. The Bertz CT molecular complexity index is 957. The van der Waals surface area contributed by atoms with Crippen molar-refractivity contribution in [3.63, 3.8) is 0 Å². The number of aromatic nitrogens is 2. The molecule has 5 heteroatoms. The molecule has 0 aliphatic carbocycles. The quantitative estimate of drug-likeness (QED) is 0.711. The highest BCUT2D eigenvalue weighted by Crippen LogP contribution is 2.21. The lowest BCUT2D eigenvalue weighted by Gasteiger charge is -2.21. The fourth-order valence-corrected chi connectivity index (χ4v) is 3.11. The molecule has 0 radical (unpaired) electrons. The molecule has 1 amide bonds. The molecule has 1 atom stereocenters. The summed E-state index contributed by atoms with van der Waals surface area (Å²) in [6, 6.07) is 18.7. The standard InChI is InChI=1S/C23H25N3O2/c1-4-20-14-21(25-16(2)24-20)18-11-8-12-19(13-18)23(28)26(3)15-22(27)17-9-6-5-7-10-17/h5-14,22,27H,4,15H2,1-3H3/t22-/m0/s1. The topological polar surface area (TPSA) is 66.3 Å². The third kappa shape index (κ3) is 4.61. The maximum absolute atomic E-state index is 12.9. The molecule has 0 aliphatic rings. The molecule has 0 saturated heterocycles. The highest BCUT2D eigenvalue weighted by molar-refractivity contribution is 5.95. The van der Waals surface area contributed by atoms with Crippen molar-refractivity contribution in [1.82, 2.24) is 14.9 Å². The molecular weight excluding hydrogens is 350 g/mol. The van der Waals surface area contributed by atoms with Gasteiger partial charge >= 0.3 is 0 Å². The predicted octanol–water partition coefficient (Wildman–Crippen LogP) is 3.82. The largest absolute Gasteiger partial charge is 0.387 e. The highest BCUT2D eigenvalue weighted by Gasteiger charge is 2.17. The Balaban J connectivity index is 1.79. The van der Waals surface area contributed by atoms with Gasteiger partial charge in [-0.05, 0) is 37.1 Å². The van der Waals surface area contributed by atoms with Crippen LogP contribution in [0.3, 0.4) is 0 Å². The second kappa shape index (κ2) is 8.76. The van der Waals surface area contributed by atoms with Crippen LogP contribution >= 0.6 is 0 Å². The molecule has 1 N–H and O–H groups in total. The fraction of sp³-hybridized carbons (Fsp3) is 0.261. The first-order valence-electron chi connectivity index (χ1n) is 9.41. The Hall–Kier alpha value is -3.05. The minimum Gasteiger partial charge on any atom is -0.387 e. The van der Waals surface area contributed by atoms with Crippen LogP contribution in [0, 0.1) is 6.92 Å². The van der Waals surface area contributed by atoms with E-state index < -0.39 is 6.10 Å². The van der Waals surface area contributed by atoms with E-state index in [9.17, 15) is 9.90 Å². The van der Waals surface area contributed by atoms with Crippen molar-refractivity contribution in [3.8, 4) is 11.3 Å². The molecule has 3 aromatic rings. The van der Waals surface area contributed by atoms with Gasteiger partial charge in [-0.1, -0.05) is 49.4 Å². The highest BCUT2D eigenvalue weighted by atomic mass is 16.3. The van der Waals surface area contributed by atoms with Crippen molar-refractivity contribution in [2.75, 3.05) is 13.6 Å². The van der Waals surface area contributed by atoms with Crippen molar-refractivity contribution in [1.29, 1.82) is 0 Å². The van der Waals surface area contributed by atoms with Crippen molar-refractivity contribution >= 4 is 5.91 Å². The van der Waals surface area contributed by atoms with Gasteiger partial charge in [-0.15, -0.1) is 0 Å². The summed E-state index contributed by atoms with van der Waals surface area (Å²) in [6.45, 7) is 4.15. The van der Waals surface area contributed by atoms with E-state index in [0.29, 0.717) is 11.4 Å². The molecule has 0 spiro atoms. The molecule has 28 heavy (non-hydrogen) atoms. The maximum atomic E-state index is 12.9. The third-order valence-electron chi connectivity index (χ3n) is 4.64. The normalized spacial score (nSPS) is 11.9. The van der Waals surface area contributed by atoms with Crippen LogP contribution in [0.15, 0.2) is 60.7 Å². The number of carbonyl (C=O) groups is 1. The number of hydrogen-bond acceptors (Lipinski definition) is 4. The lowest BCUT2D eigenvalue weighted by atomic mass is 10.1. The number of likely N-dealkylation sites (N-methyl/N-ethyl adjacent to an activating group) is 1. The zero-order chi connectivity index (χ0) is 20.1. The Morgan fingerprint density at radius 1 is 1.07 bits per heavy atom. The summed E-state index contributed by atoms with van der Waals surface area (Å²) in [5.41, 5.74) is 4.02. The number of nitrogens with zero attached hydrogens (tertiary/aromatic N) is 3. The van der Waals surface area contributed by atoms with Gasteiger partial charge < -0.3 is 10.0 Å². The molecule has 5 nitrogen and oxygen atoms in total. The fourth-order valence-electron chi connectivity index (χ4n) is 3.11. The summed E-state index contributed by atoms with van der Waals surface area (Å²) in [5, 5.41) is 10.4. The SMILES string of the molecule is CCc1cc(-c2cccc(C(=O)N(C)C[C@H](O)c3ccccc3)c2)nc(C)n1. The van der Waals surface area contributed by atoms with Gasteiger partial charge in [0.05, 0.1) is 18.3 Å². The van der Waals surface area contributed by atoms with Gasteiger partial charge in [0.25, 0.3) is 5.91 Å². The van der Waals surface area contributed by atoms with E-state index in [1.807, 2.05) is 61.5 Å². The lowest BCUT2D eigenvalue weighted by molar-refractivity contribution is 0.0681. The number of hydrogen-bond donors (Lipinski definition) is 1. The van der Waals surface area contributed by atoms with Gasteiger partial charge in [-0.2, -0.15) is 0 Å². The van der Waals surface area contributed by atoms with Gasteiger partial charge in [0.1, 0.15) is 5.82 Å². The Morgan fingerprint density at radius 2 is 1.82 bits per heavy atom. The number of amides is 1. The number of aryl methyl sites for hydroxylation is 2. The molecule has 0 unspecified atom stereocenters. The van der Waals surface area contributed by atoms with Gasteiger partial charge in [0.15, 0.2) is 0 Å². The van der Waals surface area contributed by atoms with Crippen LogP contribution in [0.2, 0.25) is 0 Å². The minimum absolute atomic E-state index is 0.140. The number of rotatable bonds is 6. The molecule has 1 heterocycles. The van der Waals surface area contributed by atoms with Gasteiger partial charge in [-0.25, -0.2) is 9.97 Å². The van der Waals surface area contributed by atoms with Crippen molar-refractivity contribution in [2.45, 2.75) is 26.4 Å². The van der Waals surface area contributed by atoms with Gasteiger partial charge in [0, 0.05) is 23.9 Å². The van der Waals surface area contributed by atoms with Crippen LogP contribution in [0.25, 0.3) is 11.3 Å². The Kier molecular flexibility index (Phi) is 6.16. The molecule has 2 aromatic carbocycles. The number of carbonyl (C=O) groups excluding carboxylic acids is 1. The van der Waals surface area contributed by atoms with Crippen LogP contribution in [0.4, 0.5) is 0 Å². The zero-order valence-electron chi connectivity index (χ0n) is 16.5. The molecular formula is C23H25N3O2. The molecule has 0 aliphatic heterocycles. The summed E-state index contributed by atoms with van der Waals surface area (Å²) in [4.78, 5) is 23.3. The van der Waals surface area contributed by atoms with Crippen LogP contribution in [0.5, 0.6) is 0 Å². The second-order valence-corrected chi connectivity index (χ2v) is 6.84. The van der Waals surface area contributed by atoms with E-state index in [1.54, 1.807) is 18.0 Å². The zero-order valence-corrected chi connectivity index (χ0v) is 16.5. The summed E-state index contributed by atoms with van der Waals surface area (Å²) in [5.74, 6) is 0.576. The molecule has 1 aromatic heterocycles. The molecule has 0 bridgehead atoms. The van der Waals surface area contributed by atoms with Crippen molar-refractivity contribution < 1.29 is 9.90 Å². The predicted molar refractivity (Wildman–Crippen MR) is 110 cm³/mol. The smallest absolute Gasteiger partial charge is 0.253 e. The Morgan fingerprint density at radius 3 is 2.54 bits per heavy atom. The van der Waals surface area contributed by atoms with Crippen molar-refractivity contribution in [3.05, 3.63) is 83.3 Å². The third-order valence-corrected chi connectivity index (χ3v) is 4.64. The van der Waals surface area contributed by atoms with Crippen LogP contribution < -0.4 is 0 Å².